The molecular formula is C8H11N3O4S2. The fourth-order valence-electron chi connectivity index (χ4n) is 1.04. The molecule has 0 amide bonds. The highest BCUT2D eigenvalue weighted by Gasteiger charge is 2.30. The number of thiol groups is 1. The number of carbonyl (C=O) groups is 2. The number of anilines is 1. The molecule has 0 aliphatic heterocycles. The molecule has 1 atom stereocenters. The van der Waals surface area contributed by atoms with Crippen LogP contribution in [-0.4, -0.2) is 30.3 Å². The molecule has 1 unspecified atom stereocenters. The lowest BCUT2D eigenvalue weighted by atomic mass is 10.1. The van der Waals surface area contributed by atoms with Gasteiger partial charge in [-0.25, -0.2) is 9.82 Å². The molecule has 7 nitrogen and oxygen atoms in total. The maximum Gasteiger partial charge on any atom is 0.323 e. The van der Waals surface area contributed by atoms with E-state index in [9.17, 15) is 9.59 Å². The van der Waals surface area contributed by atoms with Gasteiger partial charge < -0.3 is 10.5 Å². The Morgan fingerprint density at radius 2 is 2.29 bits per heavy atom. The number of nitrogen functional groups attached to an aromatic ring is 1. The Bertz CT molecular complexity index is 446. The highest BCUT2D eigenvalue weighted by Crippen LogP contribution is 2.22. The quantitative estimate of drug-likeness (QED) is 0.349. The lowest BCUT2D eigenvalue weighted by Gasteiger charge is -2.07. The molecule has 9 heteroatoms. The summed E-state index contributed by atoms with van der Waals surface area (Å²) in [4.78, 5) is 31.6. The Balaban J connectivity index is 3.00. The first-order valence-electron chi connectivity index (χ1n) is 4.37. The number of carbonyl (C=O) groups excluding carboxylic acids is 2. The molecule has 0 saturated carbocycles. The standard InChI is InChI=1S/C8H11N3O4S2/c1-14-6(12)5(7(13)17-11-15-2)4-3-16-8(9)10-4/h3,5,17H,1-2H3,(H2,9,10). The van der Waals surface area contributed by atoms with E-state index < -0.39 is 17.0 Å². The zero-order valence-electron chi connectivity index (χ0n) is 9.11. The van der Waals surface area contributed by atoms with Crippen LogP contribution in [0.3, 0.4) is 0 Å². The van der Waals surface area contributed by atoms with Crippen LogP contribution in [0, 0.1) is 0 Å². The number of methoxy groups -OCH3 is 1. The highest BCUT2D eigenvalue weighted by atomic mass is 32.1. The molecule has 0 aromatic carbocycles. The van der Waals surface area contributed by atoms with Crippen molar-refractivity contribution in [1.29, 1.82) is 0 Å². The molecule has 1 heterocycles. The lowest BCUT2D eigenvalue weighted by molar-refractivity contribution is -0.144. The number of esters is 1. The molecule has 2 N–H and O–H groups in total. The molecule has 0 saturated heterocycles. The first-order valence-corrected chi connectivity index (χ1v) is 6.09. The third-order valence-electron chi connectivity index (χ3n) is 1.74. The van der Waals surface area contributed by atoms with Crippen LogP contribution < -0.4 is 5.73 Å². The minimum absolute atomic E-state index is 0.0115. The normalized spacial score (nSPS) is 13.1. The van der Waals surface area contributed by atoms with Gasteiger partial charge in [0.1, 0.15) is 0 Å². The summed E-state index contributed by atoms with van der Waals surface area (Å²) in [6, 6.07) is 0. The average Bonchev–Trinajstić information content (AvgIpc) is 2.73. The van der Waals surface area contributed by atoms with Gasteiger partial charge in [0.15, 0.2) is 11.0 Å². The molecule has 0 aliphatic carbocycles. The van der Waals surface area contributed by atoms with Gasteiger partial charge in [-0.2, -0.15) is 0 Å². The summed E-state index contributed by atoms with van der Waals surface area (Å²) in [5, 5.41) is 1.34. The molecule has 0 aliphatic rings. The van der Waals surface area contributed by atoms with Crippen molar-refractivity contribution in [2.45, 2.75) is 5.92 Å². The zero-order valence-corrected chi connectivity index (χ0v) is 10.8. The summed E-state index contributed by atoms with van der Waals surface area (Å²) in [7, 11) is 2.51. The summed E-state index contributed by atoms with van der Waals surface area (Å²) in [6.45, 7) is 0. The molecular weight excluding hydrogens is 266 g/mol. The number of rotatable bonds is 4. The maximum absolute atomic E-state index is 11.7. The molecule has 1 rings (SSSR count). The van der Waals surface area contributed by atoms with E-state index in [2.05, 4.69) is 19.1 Å². The lowest BCUT2D eigenvalue weighted by Crippen LogP contribution is -2.23. The third-order valence-corrected chi connectivity index (χ3v) is 3.13. The van der Waals surface area contributed by atoms with Crippen molar-refractivity contribution in [3.8, 4) is 0 Å². The first kappa shape index (κ1) is 13.7. The average molecular weight is 277 g/mol. The van der Waals surface area contributed by atoms with E-state index in [0.717, 1.165) is 11.3 Å². The van der Waals surface area contributed by atoms with Crippen molar-refractivity contribution in [1.82, 2.24) is 4.98 Å². The summed E-state index contributed by atoms with van der Waals surface area (Å²) < 4.78 is 7.96. The van der Waals surface area contributed by atoms with Gasteiger partial charge in [-0.15, -0.1) is 15.9 Å². The second-order valence-corrected chi connectivity index (χ2v) is 4.46. The molecule has 1 aromatic rings. The van der Waals surface area contributed by atoms with Gasteiger partial charge in [-0.05, 0) is 11.6 Å². The number of ether oxygens (including phenoxy) is 1. The maximum atomic E-state index is 11.7. The van der Waals surface area contributed by atoms with Gasteiger partial charge in [0.25, 0.3) is 0 Å². The van der Waals surface area contributed by atoms with Gasteiger partial charge in [-0.3, -0.25) is 9.59 Å². The summed E-state index contributed by atoms with van der Waals surface area (Å²) >= 11 is 1.16. The van der Waals surface area contributed by atoms with Crippen molar-refractivity contribution in [3.63, 3.8) is 0 Å². The molecule has 0 fully saturated rings. The Morgan fingerprint density at radius 3 is 2.76 bits per heavy atom. The van der Waals surface area contributed by atoms with E-state index >= 15 is 0 Å². The molecule has 94 valence electrons. The van der Waals surface area contributed by atoms with Gasteiger partial charge in [0.2, 0.25) is 5.12 Å². The predicted octanol–water partition coefficient (Wildman–Crippen LogP) is 0.0684. The molecule has 0 spiro atoms. The summed E-state index contributed by atoms with van der Waals surface area (Å²) in [6.07, 6.45) is 0. The van der Waals surface area contributed by atoms with E-state index in [1.807, 2.05) is 0 Å². The van der Waals surface area contributed by atoms with Crippen LogP contribution in [-0.2, 0) is 30.7 Å². The highest BCUT2D eigenvalue weighted by molar-refractivity contribution is 7.85. The second-order valence-electron chi connectivity index (χ2n) is 2.77. The zero-order chi connectivity index (χ0) is 12.8. The van der Waals surface area contributed by atoms with Crippen molar-refractivity contribution in [3.05, 3.63) is 11.1 Å². The topological polar surface area (TPSA) is 104 Å². The Labute approximate surface area is 105 Å². The Kier molecular flexibility index (Phi) is 5.19. The largest absolute Gasteiger partial charge is 0.468 e. The number of nitrogens with zero attached hydrogens (tertiary/aromatic N) is 2. The minimum atomic E-state index is -1.12. The van der Waals surface area contributed by atoms with E-state index in [1.165, 1.54) is 19.6 Å². The van der Waals surface area contributed by atoms with E-state index in [1.54, 1.807) is 0 Å². The van der Waals surface area contributed by atoms with Crippen LogP contribution in [0.5, 0.6) is 0 Å². The van der Waals surface area contributed by atoms with Crippen LogP contribution in [0.1, 0.15) is 11.6 Å². The van der Waals surface area contributed by atoms with Crippen LogP contribution in [0.2, 0.25) is 0 Å². The number of thiazole rings is 1. The monoisotopic (exact) mass is 277 g/mol. The van der Waals surface area contributed by atoms with Crippen molar-refractivity contribution in [2.75, 3.05) is 20.0 Å². The number of aromatic nitrogens is 1. The van der Waals surface area contributed by atoms with Crippen LogP contribution >= 0.6 is 11.3 Å². The summed E-state index contributed by atoms with van der Waals surface area (Å²) in [5.74, 6) is -1.81. The van der Waals surface area contributed by atoms with Gasteiger partial charge in [0.05, 0.1) is 19.9 Å². The Hall–Kier alpha value is -1.32. The smallest absolute Gasteiger partial charge is 0.323 e. The van der Waals surface area contributed by atoms with Crippen molar-refractivity contribution in [2.24, 2.45) is 4.53 Å². The van der Waals surface area contributed by atoms with Crippen LogP contribution in [0.4, 0.5) is 5.13 Å². The van der Waals surface area contributed by atoms with E-state index in [4.69, 9.17) is 5.73 Å². The van der Waals surface area contributed by atoms with Crippen LogP contribution in [0.25, 0.3) is 0 Å². The Morgan fingerprint density at radius 1 is 1.59 bits per heavy atom. The molecule has 17 heavy (non-hydrogen) atoms. The van der Waals surface area contributed by atoms with Crippen molar-refractivity contribution >= 4 is 39.1 Å². The number of nitrogens with two attached hydrogens (primary N) is 1. The molecule has 0 radical (unpaired) electrons. The van der Waals surface area contributed by atoms with Gasteiger partial charge in [-0.1, -0.05) is 0 Å². The molecule has 0 bridgehead atoms. The van der Waals surface area contributed by atoms with Crippen molar-refractivity contribution < 1.29 is 19.2 Å². The third kappa shape index (κ3) is 3.58. The van der Waals surface area contributed by atoms with Crippen LogP contribution in [0.15, 0.2) is 9.91 Å². The number of hydrogen-bond donors (Lipinski definition) is 2. The predicted molar refractivity (Wildman–Crippen MR) is 64.5 cm³/mol. The van der Waals surface area contributed by atoms with E-state index in [-0.39, 0.29) is 22.4 Å². The van der Waals surface area contributed by atoms with Gasteiger partial charge >= 0.3 is 5.97 Å². The minimum Gasteiger partial charge on any atom is -0.468 e. The SMILES string of the molecule is CO/N=[SH]\C(=O)C(C(=O)OC)c1csc(N)n1. The fraction of sp³-hybridized carbons (Fsp3) is 0.375. The first-order chi connectivity index (χ1) is 8.10. The fourth-order valence-corrected chi connectivity index (χ4v) is 2.14. The number of hydrogen-bond acceptors (Lipinski definition) is 8. The van der Waals surface area contributed by atoms with Gasteiger partial charge in [0, 0.05) is 5.38 Å². The molecule has 1 aromatic heterocycles. The van der Waals surface area contributed by atoms with E-state index in [0.29, 0.717) is 0 Å². The second kappa shape index (κ2) is 6.42. The summed E-state index contributed by atoms with van der Waals surface area (Å²) in [5.41, 5.74) is 5.72.